The monoisotopic (exact) mass is 359 g/mol. The maximum atomic E-state index is 5.19. The van der Waals surface area contributed by atoms with Gasteiger partial charge in [-0.3, -0.25) is 0 Å². The van der Waals surface area contributed by atoms with Crippen LogP contribution in [-0.4, -0.2) is 7.11 Å². The fraction of sp³-hybridized carbons (Fsp3) is 0.0455. The zero-order chi connectivity index (χ0) is 17.8. The molecule has 0 atom stereocenters. The molecule has 1 aromatic heterocycles. The number of aromatic nitrogens is 1. The van der Waals surface area contributed by atoms with Gasteiger partial charge in [0.1, 0.15) is 17.1 Å². The minimum Gasteiger partial charge on any atom is -0.497 e. The standard InChI is InChI=1S/C22H18N2OS/c1-25-20-13-11-19(12-14-20)23-22-24-21(15-26-22)18-9-7-17(8-10-18)16-5-3-2-4-6-16/h2-15H,1H3,(H,23,24)/p+1. The molecule has 0 saturated heterocycles. The molecule has 26 heavy (non-hydrogen) atoms. The molecule has 0 spiro atoms. The van der Waals surface area contributed by atoms with E-state index < -0.39 is 0 Å². The summed E-state index contributed by atoms with van der Waals surface area (Å²) in [5.74, 6) is 0.852. The van der Waals surface area contributed by atoms with Crippen molar-refractivity contribution in [2.24, 2.45) is 0 Å². The molecule has 4 rings (SSSR count). The third kappa shape index (κ3) is 3.60. The highest BCUT2D eigenvalue weighted by Gasteiger charge is 2.11. The Hall–Kier alpha value is -3.11. The lowest BCUT2D eigenvalue weighted by atomic mass is 10.0. The van der Waals surface area contributed by atoms with E-state index >= 15 is 0 Å². The van der Waals surface area contributed by atoms with E-state index in [0.717, 1.165) is 22.3 Å². The Morgan fingerprint density at radius 2 is 1.42 bits per heavy atom. The van der Waals surface area contributed by atoms with Gasteiger partial charge >= 0.3 is 5.13 Å². The van der Waals surface area contributed by atoms with Crippen molar-refractivity contribution in [3.63, 3.8) is 0 Å². The van der Waals surface area contributed by atoms with Crippen LogP contribution in [0.25, 0.3) is 22.4 Å². The van der Waals surface area contributed by atoms with E-state index in [-0.39, 0.29) is 0 Å². The third-order valence-electron chi connectivity index (χ3n) is 4.19. The summed E-state index contributed by atoms with van der Waals surface area (Å²) in [6.07, 6.45) is 0. The average Bonchev–Trinajstić information content (AvgIpc) is 3.18. The van der Waals surface area contributed by atoms with Crippen molar-refractivity contribution in [2.45, 2.75) is 0 Å². The van der Waals surface area contributed by atoms with Gasteiger partial charge in [-0.15, -0.1) is 0 Å². The number of aromatic amines is 1. The van der Waals surface area contributed by atoms with Crippen LogP contribution in [0.3, 0.4) is 0 Å². The van der Waals surface area contributed by atoms with Gasteiger partial charge in [0.25, 0.3) is 0 Å². The number of anilines is 2. The Labute approximate surface area is 156 Å². The fourth-order valence-electron chi connectivity index (χ4n) is 2.78. The van der Waals surface area contributed by atoms with E-state index in [4.69, 9.17) is 4.74 Å². The first-order chi connectivity index (χ1) is 12.8. The first kappa shape index (κ1) is 16.4. The Balaban J connectivity index is 1.50. The highest BCUT2D eigenvalue weighted by Crippen LogP contribution is 2.26. The second-order valence-corrected chi connectivity index (χ2v) is 6.78. The molecule has 0 aliphatic carbocycles. The maximum absolute atomic E-state index is 5.19. The van der Waals surface area contributed by atoms with Crippen molar-refractivity contribution in [3.05, 3.63) is 84.2 Å². The summed E-state index contributed by atoms with van der Waals surface area (Å²) < 4.78 is 5.19. The molecular formula is C22H19N2OS+. The number of rotatable bonds is 5. The van der Waals surface area contributed by atoms with Crippen molar-refractivity contribution in [3.8, 4) is 28.1 Å². The SMILES string of the molecule is COc1ccc(Nc2[nH+]c(-c3ccc(-c4ccccc4)cc3)cs2)cc1. The van der Waals surface area contributed by atoms with Gasteiger partial charge in [-0.1, -0.05) is 65.9 Å². The molecule has 0 unspecified atom stereocenters. The van der Waals surface area contributed by atoms with Gasteiger partial charge in [-0.05, 0) is 35.4 Å². The van der Waals surface area contributed by atoms with Crippen LogP contribution in [0.5, 0.6) is 5.75 Å². The fourth-order valence-corrected chi connectivity index (χ4v) is 3.55. The second-order valence-electron chi connectivity index (χ2n) is 5.90. The van der Waals surface area contributed by atoms with Crippen molar-refractivity contribution in [1.82, 2.24) is 0 Å². The highest BCUT2D eigenvalue weighted by atomic mass is 32.1. The lowest BCUT2D eigenvalue weighted by Crippen LogP contribution is -2.07. The van der Waals surface area contributed by atoms with E-state index in [0.29, 0.717) is 0 Å². The van der Waals surface area contributed by atoms with Gasteiger partial charge in [-0.2, -0.15) is 0 Å². The van der Waals surface area contributed by atoms with Crippen LogP contribution >= 0.6 is 11.3 Å². The highest BCUT2D eigenvalue weighted by molar-refractivity contribution is 7.13. The molecule has 128 valence electrons. The summed E-state index contributed by atoms with van der Waals surface area (Å²) in [7, 11) is 1.67. The zero-order valence-electron chi connectivity index (χ0n) is 14.4. The van der Waals surface area contributed by atoms with E-state index in [1.54, 1.807) is 18.4 Å². The quantitative estimate of drug-likeness (QED) is 0.500. The molecule has 0 saturated carbocycles. The molecule has 3 nitrogen and oxygen atoms in total. The van der Waals surface area contributed by atoms with Crippen LogP contribution in [-0.2, 0) is 0 Å². The van der Waals surface area contributed by atoms with E-state index in [1.807, 2.05) is 30.3 Å². The first-order valence-electron chi connectivity index (χ1n) is 8.39. The Morgan fingerprint density at radius 1 is 0.769 bits per heavy atom. The molecule has 0 bridgehead atoms. The van der Waals surface area contributed by atoms with Crippen LogP contribution < -0.4 is 15.0 Å². The number of ether oxygens (including phenoxy) is 1. The van der Waals surface area contributed by atoms with Gasteiger partial charge in [0.05, 0.1) is 7.11 Å². The van der Waals surface area contributed by atoms with Crippen molar-refractivity contribution >= 4 is 22.2 Å². The molecule has 4 aromatic rings. The third-order valence-corrected chi connectivity index (χ3v) is 4.99. The predicted molar refractivity (Wildman–Crippen MR) is 108 cm³/mol. The maximum Gasteiger partial charge on any atom is 0.337 e. The van der Waals surface area contributed by atoms with Gasteiger partial charge in [0.2, 0.25) is 0 Å². The van der Waals surface area contributed by atoms with Crippen molar-refractivity contribution < 1.29 is 9.72 Å². The van der Waals surface area contributed by atoms with Gasteiger partial charge in [0.15, 0.2) is 0 Å². The molecule has 4 heteroatoms. The van der Waals surface area contributed by atoms with Gasteiger partial charge in [0, 0.05) is 10.9 Å². The van der Waals surface area contributed by atoms with Crippen molar-refractivity contribution in [2.75, 3.05) is 12.4 Å². The van der Waals surface area contributed by atoms with Crippen LogP contribution in [0.4, 0.5) is 10.8 Å². The molecule has 2 N–H and O–H groups in total. The minimum absolute atomic E-state index is 0.852. The Morgan fingerprint density at radius 3 is 2.12 bits per heavy atom. The molecular weight excluding hydrogens is 340 g/mol. The Kier molecular flexibility index (Phi) is 4.67. The summed E-state index contributed by atoms with van der Waals surface area (Å²) >= 11 is 1.65. The zero-order valence-corrected chi connectivity index (χ0v) is 15.2. The molecule has 0 radical (unpaired) electrons. The second kappa shape index (κ2) is 7.42. The summed E-state index contributed by atoms with van der Waals surface area (Å²) in [5.41, 5.74) is 5.75. The van der Waals surface area contributed by atoms with Crippen LogP contribution in [0.1, 0.15) is 0 Å². The first-order valence-corrected chi connectivity index (χ1v) is 9.27. The van der Waals surface area contributed by atoms with Crippen LogP contribution in [0.2, 0.25) is 0 Å². The molecule has 3 aromatic carbocycles. The molecule has 0 fully saturated rings. The normalized spacial score (nSPS) is 10.5. The summed E-state index contributed by atoms with van der Waals surface area (Å²) in [6, 6.07) is 26.9. The van der Waals surface area contributed by atoms with Crippen molar-refractivity contribution in [1.29, 1.82) is 0 Å². The number of hydrogen-bond acceptors (Lipinski definition) is 3. The molecule has 1 heterocycles. The molecule has 0 amide bonds. The van der Waals surface area contributed by atoms with Gasteiger partial charge < -0.3 is 4.74 Å². The summed E-state index contributed by atoms with van der Waals surface area (Å²) in [6.45, 7) is 0. The van der Waals surface area contributed by atoms with Crippen LogP contribution in [0.15, 0.2) is 84.2 Å². The lowest BCUT2D eigenvalue weighted by molar-refractivity contribution is -0.340. The number of H-pyrrole nitrogens is 1. The largest absolute Gasteiger partial charge is 0.497 e. The molecule has 0 aliphatic rings. The lowest BCUT2D eigenvalue weighted by Gasteiger charge is -2.02. The smallest absolute Gasteiger partial charge is 0.337 e. The topological polar surface area (TPSA) is 35.4 Å². The number of hydrogen-bond donors (Lipinski definition) is 1. The van der Waals surface area contributed by atoms with E-state index in [2.05, 4.69) is 64.2 Å². The van der Waals surface area contributed by atoms with E-state index in [1.165, 1.54) is 16.7 Å². The number of methoxy groups -OCH3 is 1. The van der Waals surface area contributed by atoms with Crippen LogP contribution in [0, 0.1) is 0 Å². The summed E-state index contributed by atoms with van der Waals surface area (Å²) in [4.78, 5) is 3.44. The van der Waals surface area contributed by atoms with Gasteiger partial charge in [-0.25, -0.2) is 10.3 Å². The number of nitrogens with one attached hydrogen (secondary N) is 2. The summed E-state index contributed by atoms with van der Waals surface area (Å²) in [5, 5.41) is 6.52. The molecule has 0 aliphatic heterocycles. The number of thiazole rings is 1. The predicted octanol–water partition coefficient (Wildman–Crippen LogP) is 5.65. The Bertz CT molecular complexity index is 977. The van der Waals surface area contributed by atoms with E-state index in [9.17, 15) is 0 Å². The average molecular weight is 359 g/mol. The number of benzene rings is 3. The minimum atomic E-state index is 0.852.